The summed E-state index contributed by atoms with van der Waals surface area (Å²) in [5, 5.41) is 13.4. The monoisotopic (exact) mass is 491 g/mol. The van der Waals surface area contributed by atoms with Gasteiger partial charge in [0.1, 0.15) is 30.6 Å². The number of Topliss-reactive ketones (excluding diaryl/α,β-unsaturated/α-hetero) is 1. The topological polar surface area (TPSA) is 111 Å². The summed E-state index contributed by atoms with van der Waals surface area (Å²) in [4.78, 5) is 39.5. The molecule has 0 spiro atoms. The number of phenols is 1. The number of carbonyl (C=O) groups excluding carboxylic acids is 3. The van der Waals surface area contributed by atoms with E-state index in [2.05, 4.69) is 5.32 Å². The Morgan fingerprint density at radius 1 is 1.08 bits per heavy atom. The highest BCUT2D eigenvalue weighted by molar-refractivity contribution is 6.12. The van der Waals surface area contributed by atoms with Crippen LogP contribution in [0.1, 0.15) is 31.7 Å². The van der Waals surface area contributed by atoms with Gasteiger partial charge in [-0.2, -0.15) is 0 Å². The normalized spacial score (nSPS) is 21.4. The van der Waals surface area contributed by atoms with Crippen molar-refractivity contribution >= 4 is 17.7 Å². The number of para-hydroxylation sites is 1. The molecule has 4 rings (SSSR count). The van der Waals surface area contributed by atoms with E-state index in [0.717, 1.165) is 0 Å². The fraction of sp³-hybridized carbons (Fsp3) is 0.321. The van der Waals surface area contributed by atoms with E-state index in [1.807, 2.05) is 25.1 Å². The molecule has 0 radical (unpaired) electrons. The van der Waals surface area contributed by atoms with E-state index in [-0.39, 0.29) is 30.5 Å². The van der Waals surface area contributed by atoms with Crippen LogP contribution in [0.4, 0.5) is 0 Å². The fourth-order valence-electron chi connectivity index (χ4n) is 4.88. The molecular formula is C28H29NO7. The molecule has 1 aliphatic carbocycles. The zero-order chi connectivity index (χ0) is 25.8. The molecule has 2 N–H and O–H groups in total. The smallest absolute Gasteiger partial charge is 0.336 e. The van der Waals surface area contributed by atoms with Gasteiger partial charge in [0.25, 0.3) is 0 Å². The third-order valence-corrected chi connectivity index (χ3v) is 6.49. The maximum Gasteiger partial charge on any atom is 0.336 e. The number of esters is 2. The van der Waals surface area contributed by atoms with Gasteiger partial charge in [-0.25, -0.2) is 4.79 Å². The van der Waals surface area contributed by atoms with E-state index >= 15 is 0 Å². The van der Waals surface area contributed by atoms with E-state index in [9.17, 15) is 19.5 Å². The van der Waals surface area contributed by atoms with E-state index in [1.54, 1.807) is 31.2 Å². The van der Waals surface area contributed by atoms with Gasteiger partial charge in [-0.3, -0.25) is 9.59 Å². The Kier molecular flexibility index (Phi) is 7.43. The van der Waals surface area contributed by atoms with Crippen LogP contribution in [-0.4, -0.2) is 43.2 Å². The van der Waals surface area contributed by atoms with Crippen molar-refractivity contribution in [2.75, 3.05) is 20.3 Å². The highest BCUT2D eigenvalue weighted by Gasteiger charge is 2.47. The van der Waals surface area contributed by atoms with Crippen molar-refractivity contribution in [3.05, 3.63) is 82.7 Å². The molecule has 36 heavy (non-hydrogen) atoms. The lowest BCUT2D eigenvalue weighted by atomic mass is 9.69. The van der Waals surface area contributed by atoms with E-state index in [0.29, 0.717) is 34.7 Å². The average Bonchev–Trinajstić information content (AvgIpc) is 2.86. The summed E-state index contributed by atoms with van der Waals surface area (Å²) in [6, 6.07) is 15.6. The molecule has 8 heteroatoms. The minimum atomic E-state index is -0.981. The van der Waals surface area contributed by atoms with Crippen LogP contribution >= 0.6 is 0 Å². The van der Waals surface area contributed by atoms with Gasteiger partial charge in [-0.05, 0) is 49.1 Å². The van der Waals surface area contributed by atoms with E-state index in [1.165, 1.54) is 19.2 Å². The van der Waals surface area contributed by atoms with Crippen molar-refractivity contribution < 1.29 is 33.7 Å². The predicted octanol–water partition coefficient (Wildman–Crippen LogP) is 3.63. The van der Waals surface area contributed by atoms with Gasteiger partial charge in [-0.1, -0.05) is 37.3 Å². The maximum absolute atomic E-state index is 13.7. The van der Waals surface area contributed by atoms with Crippen molar-refractivity contribution in [2.24, 2.45) is 11.8 Å². The number of methoxy groups -OCH3 is 1. The van der Waals surface area contributed by atoms with E-state index < -0.39 is 29.6 Å². The van der Waals surface area contributed by atoms with Crippen molar-refractivity contribution in [2.45, 2.75) is 26.2 Å². The van der Waals surface area contributed by atoms with Gasteiger partial charge in [0, 0.05) is 22.9 Å². The molecule has 0 saturated carbocycles. The SMILES string of the molecule is COC(=O)C1C(=O)C2=C(CC1C)NC(C)=C(C(=O)OCCOc1ccccc1)C2c1cccc(O)c1. The fourth-order valence-corrected chi connectivity index (χ4v) is 4.88. The van der Waals surface area contributed by atoms with Gasteiger partial charge >= 0.3 is 11.9 Å². The molecule has 3 unspecified atom stereocenters. The summed E-state index contributed by atoms with van der Waals surface area (Å²) in [5.41, 5.74) is 2.30. The minimum absolute atomic E-state index is 0.00105. The molecule has 1 aliphatic heterocycles. The Balaban J connectivity index is 1.64. The van der Waals surface area contributed by atoms with E-state index in [4.69, 9.17) is 14.2 Å². The van der Waals surface area contributed by atoms with Crippen LogP contribution in [0.5, 0.6) is 11.5 Å². The summed E-state index contributed by atoms with van der Waals surface area (Å²) >= 11 is 0. The highest BCUT2D eigenvalue weighted by Crippen LogP contribution is 2.45. The lowest BCUT2D eigenvalue weighted by Crippen LogP contribution is -2.43. The van der Waals surface area contributed by atoms with Gasteiger partial charge in [0.2, 0.25) is 0 Å². The number of dihydropyridines is 1. The summed E-state index contributed by atoms with van der Waals surface area (Å²) in [5.74, 6) is -3.05. The molecule has 0 aromatic heterocycles. The molecule has 2 aliphatic rings. The summed E-state index contributed by atoms with van der Waals surface area (Å²) in [6.07, 6.45) is 0.431. The quantitative estimate of drug-likeness (QED) is 0.343. The Hall–Kier alpha value is -4.07. The molecule has 0 fully saturated rings. The molecule has 1 heterocycles. The third-order valence-electron chi connectivity index (χ3n) is 6.49. The number of hydrogen-bond donors (Lipinski definition) is 2. The predicted molar refractivity (Wildman–Crippen MR) is 131 cm³/mol. The summed E-state index contributed by atoms with van der Waals surface area (Å²) in [7, 11) is 1.25. The molecule has 188 valence electrons. The Morgan fingerprint density at radius 3 is 2.53 bits per heavy atom. The maximum atomic E-state index is 13.7. The second-order valence-electron chi connectivity index (χ2n) is 8.93. The van der Waals surface area contributed by atoms with Crippen LogP contribution in [-0.2, 0) is 23.9 Å². The number of ketones is 1. The number of allylic oxidation sites excluding steroid dienone is 3. The van der Waals surface area contributed by atoms with Crippen molar-refractivity contribution in [1.82, 2.24) is 5.32 Å². The molecule has 8 nitrogen and oxygen atoms in total. The second kappa shape index (κ2) is 10.7. The van der Waals surface area contributed by atoms with Gasteiger partial charge in [0.15, 0.2) is 5.78 Å². The van der Waals surface area contributed by atoms with Gasteiger partial charge in [-0.15, -0.1) is 0 Å². The number of phenolic OH excluding ortho intramolecular Hbond substituents is 1. The first-order chi connectivity index (χ1) is 17.3. The molecule has 0 amide bonds. The van der Waals surface area contributed by atoms with Crippen LogP contribution in [0.3, 0.4) is 0 Å². The lowest BCUT2D eigenvalue weighted by Gasteiger charge is -2.38. The van der Waals surface area contributed by atoms with Gasteiger partial charge in [0.05, 0.1) is 12.7 Å². The van der Waals surface area contributed by atoms with Crippen LogP contribution in [0.25, 0.3) is 0 Å². The zero-order valence-corrected chi connectivity index (χ0v) is 20.4. The first-order valence-electron chi connectivity index (χ1n) is 11.8. The molecule has 0 bridgehead atoms. The van der Waals surface area contributed by atoms with Crippen LogP contribution in [0.2, 0.25) is 0 Å². The summed E-state index contributed by atoms with van der Waals surface area (Å²) in [6.45, 7) is 3.72. The zero-order valence-electron chi connectivity index (χ0n) is 20.4. The Morgan fingerprint density at radius 2 is 1.83 bits per heavy atom. The van der Waals surface area contributed by atoms with Crippen molar-refractivity contribution in [3.8, 4) is 11.5 Å². The number of hydrogen-bond acceptors (Lipinski definition) is 8. The average molecular weight is 492 g/mol. The largest absolute Gasteiger partial charge is 0.508 e. The Bertz CT molecular complexity index is 1230. The van der Waals surface area contributed by atoms with Crippen LogP contribution in [0, 0.1) is 11.8 Å². The lowest BCUT2D eigenvalue weighted by molar-refractivity contribution is -0.151. The highest BCUT2D eigenvalue weighted by atomic mass is 16.6. The Labute approximate surface area is 209 Å². The molecule has 2 aromatic rings. The van der Waals surface area contributed by atoms with Crippen LogP contribution < -0.4 is 10.1 Å². The van der Waals surface area contributed by atoms with Crippen molar-refractivity contribution in [3.63, 3.8) is 0 Å². The second-order valence-corrected chi connectivity index (χ2v) is 8.93. The molecule has 2 aromatic carbocycles. The minimum Gasteiger partial charge on any atom is -0.508 e. The first kappa shape index (κ1) is 25.0. The number of ether oxygens (including phenoxy) is 3. The summed E-state index contributed by atoms with van der Waals surface area (Å²) < 4.78 is 16.1. The molecule has 3 atom stereocenters. The number of carbonyl (C=O) groups is 3. The number of benzene rings is 2. The number of rotatable bonds is 7. The number of nitrogens with one attached hydrogen (secondary N) is 1. The number of aromatic hydroxyl groups is 1. The molecule has 0 saturated heterocycles. The standard InChI is InChI=1S/C28H29NO7/c1-16-14-21-25(26(31)22(16)27(32)34-3)24(18-8-7-9-19(30)15-18)23(17(2)29-21)28(33)36-13-12-35-20-10-5-4-6-11-20/h4-11,15-16,22,24,29-30H,12-14H2,1-3H3. The van der Waals surface area contributed by atoms with Crippen molar-refractivity contribution in [1.29, 1.82) is 0 Å². The molecular weight excluding hydrogens is 462 g/mol. The van der Waals surface area contributed by atoms with Crippen LogP contribution in [0.15, 0.2) is 77.1 Å². The van der Waals surface area contributed by atoms with Gasteiger partial charge < -0.3 is 24.6 Å². The first-order valence-corrected chi connectivity index (χ1v) is 11.8. The third kappa shape index (κ3) is 4.98.